The summed E-state index contributed by atoms with van der Waals surface area (Å²) in [7, 11) is -3.78. The molecule has 6 heteroatoms. The summed E-state index contributed by atoms with van der Waals surface area (Å²) in [6.45, 7) is 9.16. The Kier molecular flexibility index (Phi) is 9.49. The fraction of sp³-hybridized carbons (Fsp3) is 1.00. The number of rotatable bonds is 4. The lowest BCUT2D eigenvalue weighted by atomic mass is 10.5. The summed E-state index contributed by atoms with van der Waals surface area (Å²) in [5, 5.41) is 0. The molecular formula is C8H21NO4S. The molecule has 0 fully saturated rings. The highest BCUT2D eigenvalue weighted by molar-refractivity contribution is 7.81. The molecule has 2 N–H and O–H groups in total. The monoisotopic (exact) mass is 227 g/mol. The van der Waals surface area contributed by atoms with Crippen LogP contribution in [0.15, 0.2) is 0 Å². The first kappa shape index (κ1) is 16.3. The topological polar surface area (TPSA) is 78.6 Å². The minimum atomic E-state index is -3.78. The average Bonchev–Trinajstić information content (AvgIpc) is 1.80. The molecule has 0 aromatic rings. The molecule has 0 aliphatic carbocycles. The van der Waals surface area contributed by atoms with E-state index in [0.717, 1.165) is 6.54 Å². The Balaban J connectivity index is 0. The predicted molar refractivity (Wildman–Crippen MR) is 56.1 cm³/mol. The molecule has 0 unspecified atom stereocenters. The molecule has 0 bridgehead atoms. The molecule has 0 amide bonds. The number of nitrogens with two attached hydrogens (primary N) is 1. The summed E-state index contributed by atoms with van der Waals surface area (Å²) in [6, 6.07) is 0. The fourth-order valence-corrected chi connectivity index (χ4v) is 1.48. The normalized spacial score (nSPS) is 11.4. The van der Waals surface area contributed by atoms with E-state index in [2.05, 4.69) is 8.37 Å². The van der Waals surface area contributed by atoms with Crippen molar-refractivity contribution in [2.75, 3.05) is 6.54 Å². The van der Waals surface area contributed by atoms with E-state index in [1.807, 2.05) is 6.92 Å². The Labute approximate surface area is 86.9 Å². The Bertz CT molecular complexity index is 195. The van der Waals surface area contributed by atoms with E-state index in [0.29, 0.717) is 0 Å². The molecule has 88 valence electrons. The lowest BCUT2D eigenvalue weighted by molar-refractivity contribution is 0.153. The molecule has 0 aromatic heterocycles. The molecule has 0 saturated heterocycles. The largest absolute Gasteiger partial charge is 0.400 e. The molecule has 0 aromatic carbocycles. The van der Waals surface area contributed by atoms with Gasteiger partial charge in [0.1, 0.15) is 0 Å². The van der Waals surface area contributed by atoms with Crippen LogP contribution in [0.4, 0.5) is 0 Å². The van der Waals surface area contributed by atoms with Crippen molar-refractivity contribution in [3.05, 3.63) is 0 Å². The maximum atomic E-state index is 10.8. The van der Waals surface area contributed by atoms with Crippen molar-refractivity contribution >= 4 is 10.4 Å². The molecule has 0 spiro atoms. The first-order valence-electron chi connectivity index (χ1n) is 4.56. The maximum Gasteiger partial charge on any atom is 0.400 e. The quantitative estimate of drug-likeness (QED) is 0.776. The van der Waals surface area contributed by atoms with Crippen molar-refractivity contribution in [1.29, 1.82) is 0 Å². The Morgan fingerprint density at radius 1 is 1.07 bits per heavy atom. The molecule has 0 atom stereocenters. The van der Waals surface area contributed by atoms with Crippen LogP contribution in [-0.2, 0) is 18.8 Å². The van der Waals surface area contributed by atoms with Crippen LogP contribution in [0.2, 0.25) is 0 Å². The molecular weight excluding hydrogens is 206 g/mol. The molecule has 0 aliphatic heterocycles. The summed E-state index contributed by atoms with van der Waals surface area (Å²) in [6.07, 6.45) is -0.752. The molecule has 0 saturated carbocycles. The van der Waals surface area contributed by atoms with Crippen LogP contribution in [0.5, 0.6) is 0 Å². The highest BCUT2D eigenvalue weighted by Gasteiger charge is 2.15. The second-order valence-electron chi connectivity index (χ2n) is 3.11. The van der Waals surface area contributed by atoms with Gasteiger partial charge in [-0.2, -0.15) is 8.42 Å². The van der Waals surface area contributed by atoms with Crippen LogP contribution in [0, 0.1) is 0 Å². The van der Waals surface area contributed by atoms with E-state index in [4.69, 9.17) is 5.73 Å². The van der Waals surface area contributed by atoms with Gasteiger partial charge in [-0.15, -0.1) is 0 Å². The minimum absolute atomic E-state index is 0.376. The van der Waals surface area contributed by atoms with Crippen molar-refractivity contribution < 1.29 is 16.8 Å². The third-order valence-corrected chi connectivity index (χ3v) is 1.86. The summed E-state index contributed by atoms with van der Waals surface area (Å²) in [5.41, 5.74) is 4.85. The first-order valence-corrected chi connectivity index (χ1v) is 5.90. The molecule has 5 nitrogen and oxygen atoms in total. The zero-order valence-corrected chi connectivity index (χ0v) is 10.3. The van der Waals surface area contributed by atoms with Gasteiger partial charge in [-0.25, -0.2) is 8.37 Å². The first-order chi connectivity index (χ1) is 6.25. The Hall–Kier alpha value is -0.170. The lowest BCUT2D eigenvalue weighted by Gasteiger charge is -2.09. The number of hydrogen-bond acceptors (Lipinski definition) is 5. The Morgan fingerprint density at radius 2 is 1.29 bits per heavy atom. The SMILES string of the molecule is CC(C)OS(=O)(=O)OC(C)C.CCN. The lowest BCUT2D eigenvalue weighted by Crippen LogP contribution is -2.18. The van der Waals surface area contributed by atoms with E-state index in [1.54, 1.807) is 27.7 Å². The van der Waals surface area contributed by atoms with Crippen LogP contribution < -0.4 is 5.73 Å². The van der Waals surface area contributed by atoms with Gasteiger partial charge in [0.15, 0.2) is 0 Å². The van der Waals surface area contributed by atoms with Gasteiger partial charge in [0.05, 0.1) is 12.2 Å². The van der Waals surface area contributed by atoms with Crippen LogP contribution in [0.3, 0.4) is 0 Å². The molecule has 0 rings (SSSR count). The molecule has 0 heterocycles. The number of hydrogen-bond donors (Lipinski definition) is 1. The van der Waals surface area contributed by atoms with Gasteiger partial charge in [-0.1, -0.05) is 6.92 Å². The van der Waals surface area contributed by atoms with Gasteiger partial charge >= 0.3 is 10.4 Å². The van der Waals surface area contributed by atoms with Gasteiger partial charge in [0.2, 0.25) is 0 Å². The zero-order valence-electron chi connectivity index (χ0n) is 9.48. The van der Waals surface area contributed by atoms with Crippen molar-refractivity contribution in [1.82, 2.24) is 0 Å². The van der Waals surface area contributed by atoms with E-state index in [1.165, 1.54) is 0 Å². The molecule has 0 radical (unpaired) electrons. The Morgan fingerprint density at radius 3 is 1.43 bits per heavy atom. The summed E-state index contributed by atoms with van der Waals surface area (Å²) in [5.74, 6) is 0. The second kappa shape index (κ2) is 8.16. The van der Waals surface area contributed by atoms with E-state index in [9.17, 15) is 8.42 Å². The van der Waals surface area contributed by atoms with Crippen LogP contribution in [-0.4, -0.2) is 27.2 Å². The smallest absolute Gasteiger partial charge is 0.331 e. The van der Waals surface area contributed by atoms with E-state index >= 15 is 0 Å². The van der Waals surface area contributed by atoms with Gasteiger partial charge in [-0.3, -0.25) is 0 Å². The third kappa shape index (κ3) is 14.4. The average molecular weight is 227 g/mol. The summed E-state index contributed by atoms with van der Waals surface area (Å²) in [4.78, 5) is 0. The highest BCUT2D eigenvalue weighted by atomic mass is 32.3. The van der Waals surface area contributed by atoms with Crippen molar-refractivity contribution in [3.8, 4) is 0 Å². The van der Waals surface area contributed by atoms with Gasteiger partial charge in [-0.05, 0) is 34.2 Å². The van der Waals surface area contributed by atoms with Crippen LogP contribution in [0.25, 0.3) is 0 Å². The van der Waals surface area contributed by atoms with Crippen LogP contribution >= 0.6 is 0 Å². The zero-order chi connectivity index (χ0) is 11.8. The van der Waals surface area contributed by atoms with Crippen LogP contribution in [0.1, 0.15) is 34.6 Å². The van der Waals surface area contributed by atoms with Crippen molar-refractivity contribution in [2.24, 2.45) is 5.73 Å². The molecule has 14 heavy (non-hydrogen) atoms. The standard InChI is InChI=1S/C6H14O4S.C2H7N/c1-5(2)9-11(7,8)10-6(3)4;1-2-3/h5-6H,1-4H3;2-3H2,1H3. The van der Waals surface area contributed by atoms with Gasteiger partial charge < -0.3 is 5.73 Å². The fourth-order valence-electron chi connectivity index (χ4n) is 0.494. The maximum absolute atomic E-state index is 10.8. The predicted octanol–water partition coefficient (Wildman–Crippen LogP) is 1.05. The van der Waals surface area contributed by atoms with E-state index in [-0.39, 0.29) is 12.2 Å². The van der Waals surface area contributed by atoms with Crippen molar-refractivity contribution in [2.45, 2.75) is 46.8 Å². The minimum Gasteiger partial charge on any atom is -0.331 e. The third-order valence-electron chi connectivity index (χ3n) is 0.621. The van der Waals surface area contributed by atoms with Crippen molar-refractivity contribution in [3.63, 3.8) is 0 Å². The highest BCUT2D eigenvalue weighted by Crippen LogP contribution is 2.03. The molecule has 0 aliphatic rings. The summed E-state index contributed by atoms with van der Waals surface area (Å²) >= 11 is 0. The van der Waals surface area contributed by atoms with Gasteiger partial charge in [0, 0.05) is 0 Å². The van der Waals surface area contributed by atoms with E-state index < -0.39 is 10.4 Å². The van der Waals surface area contributed by atoms with Gasteiger partial charge in [0.25, 0.3) is 0 Å². The second-order valence-corrected chi connectivity index (χ2v) is 4.31. The summed E-state index contributed by atoms with van der Waals surface area (Å²) < 4.78 is 30.6.